The lowest BCUT2D eigenvalue weighted by atomic mass is 9.87. The number of carbonyl (C=O) groups excluding carboxylic acids is 1. The van der Waals surface area contributed by atoms with E-state index in [0.717, 1.165) is 5.56 Å². The highest BCUT2D eigenvalue weighted by Crippen LogP contribution is 2.37. The van der Waals surface area contributed by atoms with Gasteiger partial charge >= 0.3 is 5.97 Å². The van der Waals surface area contributed by atoms with E-state index in [-0.39, 0.29) is 5.78 Å². The van der Waals surface area contributed by atoms with Crippen molar-refractivity contribution < 1.29 is 24.0 Å². The average Bonchev–Trinajstić information content (AvgIpc) is 3.21. The van der Waals surface area contributed by atoms with Crippen molar-refractivity contribution in [3.05, 3.63) is 53.4 Å². The van der Waals surface area contributed by atoms with Gasteiger partial charge in [0.05, 0.1) is 11.6 Å². The maximum absolute atomic E-state index is 12.5. The molecule has 0 bridgehead atoms. The summed E-state index contributed by atoms with van der Waals surface area (Å²) < 4.78 is 11.1. The van der Waals surface area contributed by atoms with Crippen LogP contribution in [0.25, 0.3) is 11.3 Å². The molecule has 6 heteroatoms. The highest BCUT2D eigenvalue weighted by atomic mass is 16.5. The van der Waals surface area contributed by atoms with Crippen LogP contribution in [0, 0.1) is 5.92 Å². The molecule has 2 aromatic rings. The minimum atomic E-state index is -0.838. The molecule has 2 atom stereocenters. The summed E-state index contributed by atoms with van der Waals surface area (Å²) in [5.74, 6) is -0.176. The molecule has 128 valence electrons. The Morgan fingerprint density at radius 2 is 2.08 bits per heavy atom. The Hall–Kier alpha value is -2.89. The zero-order valence-corrected chi connectivity index (χ0v) is 13.5. The third-order valence-corrected chi connectivity index (χ3v) is 4.75. The smallest absolute Gasteiger partial charge is 0.306 e. The van der Waals surface area contributed by atoms with Crippen molar-refractivity contribution in [3.8, 4) is 11.3 Å². The van der Waals surface area contributed by atoms with Gasteiger partial charge in [-0.25, -0.2) is 0 Å². The van der Waals surface area contributed by atoms with Crippen molar-refractivity contribution in [1.82, 2.24) is 5.16 Å². The molecule has 0 fully saturated rings. The van der Waals surface area contributed by atoms with Crippen LogP contribution in [0.1, 0.15) is 25.0 Å². The van der Waals surface area contributed by atoms with Crippen LogP contribution in [0.5, 0.6) is 0 Å². The molecule has 1 N–H and O–H groups in total. The lowest BCUT2D eigenvalue weighted by Crippen LogP contribution is -2.21. The van der Waals surface area contributed by atoms with E-state index in [2.05, 4.69) is 5.16 Å². The molecule has 6 nitrogen and oxygen atoms in total. The van der Waals surface area contributed by atoms with Crippen LogP contribution in [0.15, 0.2) is 52.3 Å². The van der Waals surface area contributed by atoms with Crippen molar-refractivity contribution in [2.75, 3.05) is 0 Å². The molecule has 1 aliphatic heterocycles. The number of nitrogens with zero attached hydrogens (tertiary/aromatic N) is 1. The lowest BCUT2D eigenvalue weighted by Gasteiger charge is -2.18. The third-order valence-electron chi connectivity index (χ3n) is 4.75. The van der Waals surface area contributed by atoms with Crippen LogP contribution in [0.4, 0.5) is 0 Å². The van der Waals surface area contributed by atoms with Gasteiger partial charge in [0.2, 0.25) is 5.78 Å². The fraction of sp³-hybridized carbons (Fsp3) is 0.316. The van der Waals surface area contributed by atoms with E-state index >= 15 is 0 Å². The first-order valence-corrected chi connectivity index (χ1v) is 8.28. The van der Waals surface area contributed by atoms with Crippen LogP contribution >= 0.6 is 0 Å². The SMILES string of the molecule is O=C(O)C1CCC2=C(C1)OC(Cc1cc(-c3ccccc3)on1)C2=O. The molecule has 1 aromatic heterocycles. The van der Waals surface area contributed by atoms with Crippen LogP contribution in [-0.4, -0.2) is 28.1 Å². The number of carboxylic acid groups (broad SMARTS) is 1. The Bertz CT molecular complexity index is 852. The number of Topliss-reactive ketones (excluding diaryl/α,β-unsaturated/α-hetero) is 1. The van der Waals surface area contributed by atoms with Gasteiger partial charge in [-0.15, -0.1) is 0 Å². The number of hydrogen-bond donors (Lipinski definition) is 1. The van der Waals surface area contributed by atoms with Crippen molar-refractivity contribution in [1.29, 1.82) is 0 Å². The normalized spacial score (nSPS) is 22.6. The van der Waals surface area contributed by atoms with Crippen molar-refractivity contribution in [2.24, 2.45) is 5.92 Å². The zero-order chi connectivity index (χ0) is 17.4. The molecule has 0 spiro atoms. The summed E-state index contributed by atoms with van der Waals surface area (Å²) in [6.45, 7) is 0. The van der Waals surface area contributed by atoms with E-state index < -0.39 is 18.0 Å². The maximum atomic E-state index is 12.5. The summed E-state index contributed by atoms with van der Waals surface area (Å²) in [5, 5.41) is 13.2. The fourth-order valence-corrected chi connectivity index (χ4v) is 3.39. The quantitative estimate of drug-likeness (QED) is 0.921. The van der Waals surface area contributed by atoms with Gasteiger partial charge in [0.1, 0.15) is 5.76 Å². The molecule has 2 aliphatic rings. The highest BCUT2D eigenvalue weighted by Gasteiger charge is 2.40. The molecule has 0 amide bonds. The number of benzene rings is 1. The molecule has 1 aliphatic carbocycles. The van der Waals surface area contributed by atoms with Gasteiger partial charge in [0, 0.05) is 30.0 Å². The number of aromatic nitrogens is 1. The highest BCUT2D eigenvalue weighted by molar-refractivity contribution is 6.01. The molecule has 2 unspecified atom stereocenters. The first kappa shape index (κ1) is 15.6. The van der Waals surface area contributed by atoms with E-state index in [1.807, 2.05) is 36.4 Å². The molecule has 2 heterocycles. The largest absolute Gasteiger partial charge is 0.486 e. The maximum Gasteiger partial charge on any atom is 0.306 e. The molecule has 0 saturated heterocycles. The number of carbonyl (C=O) groups is 2. The summed E-state index contributed by atoms with van der Waals surface area (Å²) in [5.41, 5.74) is 2.21. The monoisotopic (exact) mass is 339 g/mol. The number of rotatable bonds is 4. The fourth-order valence-electron chi connectivity index (χ4n) is 3.39. The zero-order valence-electron chi connectivity index (χ0n) is 13.5. The molecule has 4 rings (SSSR count). The van der Waals surface area contributed by atoms with Gasteiger partial charge in [-0.1, -0.05) is 35.5 Å². The van der Waals surface area contributed by atoms with Gasteiger partial charge in [-0.3, -0.25) is 9.59 Å². The molecular weight excluding hydrogens is 322 g/mol. The summed E-state index contributed by atoms with van der Waals surface area (Å²) in [7, 11) is 0. The molecule has 0 radical (unpaired) electrons. The van der Waals surface area contributed by atoms with E-state index in [9.17, 15) is 9.59 Å². The second-order valence-electron chi connectivity index (χ2n) is 6.40. The minimum Gasteiger partial charge on any atom is -0.486 e. The van der Waals surface area contributed by atoms with Crippen LogP contribution < -0.4 is 0 Å². The topological polar surface area (TPSA) is 89.6 Å². The average molecular weight is 339 g/mol. The van der Waals surface area contributed by atoms with Crippen molar-refractivity contribution >= 4 is 11.8 Å². The standard InChI is InChI=1S/C19H17NO5/c21-18-14-7-6-12(19(22)23)8-16(14)24-17(18)10-13-9-15(25-20-13)11-4-2-1-3-5-11/h1-5,9,12,17H,6-8,10H2,(H,22,23). The third kappa shape index (κ3) is 2.95. The van der Waals surface area contributed by atoms with Crippen LogP contribution in [0.3, 0.4) is 0 Å². The first-order valence-electron chi connectivity index (χ1n) is 8.28. The van der Waals surface area contributed by atoms with E-state index in [1.54, 1.807) is 0 Å². The number of aliphatic carboxylic acids is 1. The number of ketones is 1. The Balaban J connectivity index is 1.46. The number of ether oxygens (including phenoxy) is 1. The van der Waals surface area contributed by atoms with Crippen LogP contribution in [0.2, 0.25) is 0 Å². The van der Waals surface area contributed by atoms with Gasteiger partial charge in [0.15, 0.2) is 11.9 Å². The van der Waals surface area contributed by atoms with Gasteiger partial charge in [-0.2, -0.15) is 0 Å². The van der Waals surface area contributed by atoms with E-state index in [0.29, 0.717) is 48.5 Å². The van der Waals surface area contributed by atoms with Gasteiger partial charge < -0.3 is 14.4 Å². The predicted molar refractivity (Wildman–Crippen MR) is 87.5 cm³/mol. The van der Waals surface area contributed by atoms with E-state index in [4.69, 9.17) is 14.4 Å². The lowest BCUT2D eigenvalue weighted by molar-refractivity contribution is -0.142. The minimum absolute atomic E-state index is 0.0527. The second-order valence-corrected chi connectivity index (χ2v) is 6.40. The molecule has 0 saturated carbocycles. The Labute approximate surface area is 144 Å². The van der Waals surface area contributed by atoms with Crippen LogP contribution in [-0.2, 0) is 20.7 Å². The summed E-state index contributed by atoms with van der Waals surface area (Å²) in [4.78, 5) is 23.7. The number of allylic oxidation sites excluding steroid dienone is 1. The van der Waals surface area contributed by atoms with E-state index in [1.165, 1.54) is 0 Å². The summed E-state index contributed by atoms with van der Waals surface area (Å²) >= 11 is 0. The molecule has 25 heavy (non-hydrogen) atoms. The summed E-state index contributed by atoms with van der Waals surface area (Å²) in [6.07, 6.45) is 0.931. The van der Waals surface area contributed by atoms with Gasteiger partial charge in [0.25, 0.3) is 0 Å². The molecule has 1 aromatic carbocycles. The number of carboxylic acids is 1. The first-order chi connectivity index (χ1) is 12.1. The number of hydrogen-bond acceptors (Lipinski definition) is 5. The molecular formula is C19H17NO5. The van der Waals surface area contributed by atoms with Crippen molar-refractivity contribution in [2.45, 2.75) is 31.8 Å². The Morgan fingerprint density at radius 3 is 2.84 bits per heavy atom. The summed E-state index contributed by atoms with van der Waals surface area (Å²) in [6, 6.07) is 11.4. The Morgan fingerprint density at radius 1 is 1.28 bits per heavy atom. The predicted octanol–water partition coefficient (Wildman–Crippen LogP) is 2.99. The Kier molecular flexibility index (Phi) is 3.87. The van der Waals surface area contributed by atoms with Gasteiger partial charge in [-0.05, 0) is 12.8 Å². The van der Waals surface area contributed by atoms with Crippen molar-refractivity contribution in [3.63, 3.8) is 0 Å². The second kappa shape index (κ2) is 6.20.